The molecule has 2 amide bonds. The number of hydrogen-bond acceptors (Lipinski definition) is 4. The van der Waals surface area contributed by atoms with Crippen molar-refractivity contribution in [2.24, 2.45) is 5.92 Å². The zero-order valence-corrected chi connectivity index (χ0v) is 17.4. The van der Waals surface area contributed by atoms with E-state index in [1.54, 1.807) is 0 Å². The molecule has 2 N–H and O–H groups in total. The Morgan fingerprint density at radius 2 is 1.61 bits per heavy atom. The Labute approximate surface area is 181 Å². The van der Waals surface area contributed by atoms with Crippen molar-refractivity contribution in [2.45, 2.75) is 31.7 Å². The second-order valence-electron chi connectivity index (χ2n) is 8.41. The number of anilines is 2. The molecule has 31 heavy (non-hydrogen) atoms. The van der Waals surface area contributed by atoms with Gasteiger partial charge in [0.2, 0.25) is 5.91 Å². The molecule has 1 aromatic heterocycles. The number of piperidine rings is 1. The minimum Gasteiger partial charge on any atom is -0.357 e. The quantitative estimate of drug-likeness (QED) is 0.662. The summed E-state index contributed by atoms with van der Waals surface area (Å²) in [6.07, 6.45) is 3.63. The summed E-state index contributed by atoms with van der Waals surface area (Å²) in [5, 5.41) is 6.99. The van der Waals surface area contributed by atoms with Crippen LogP contribution in [0.5, 0.6) is 0 Å². The van der Waals surface area contributed by atoms with Crippen LogP contribution in [0.2, 0.25) is 0 Å². The zero-order chi connectivity index (χ0) is 21.2. The van der Waals surface area contributed by atoms with Gasteiger partial charge in [0.1, 0.15) is 5.82 Å². The van der Waals surface area contributed by atoms with E-state index >= 15 is 0 Å². The first kappa shape index (κ1) is 19.5. The molecular formula is C25H26N4O2. The van der Waals surface area contributed by atoms with Crippen molar-refractivity contribution in [3.63, 3.8) is 0 Å². The van der Waals surface area contributed by atoms with Crippen molar-refractivity contribution in [3.05, 3.63) is 66.2 Å². The summed E-state index contributed by atoms with van der Waals surface area (Å²) in [6.45, 7) is 1.48. The molecule has 2 aliphatic rings. The number of benzene rings is 2. The van der Waals surface area contributed by atoms with E-state index in [9.17, 15) is 9.59 Å². The van der Waals surface area contributed by atoms with Gasteiger partial charge in [0.15, 0.2) is 0 Å². The molecule has 0 spiro atoms. The second-order valence-corrected chi connectivity index (χ2v) is 8.41. The number of pyridine rings is 1. The van der Waals surface area contributed by atoms with Gasteiger partial charge in [-0.1, -0.05) is 36.4 Å². The lowest BCUT2D eigenvalue weighted by Gasteiger charge is -2.32. The van der Waals surface area contributed by atoms with Gasteiger partial charge in [-0.25, -0.2) is 4.98 Å². The van der Waals surface area contributed by atoms with Crippen LogP contribution >= 0.6 is 0 Å². The Kier molecular flexibility index (Phi) is 5.28. The molecule has 158 valence electrons. The molecule has 1 aliphatic heterocycles. The van der Waals surface area contributed by atoms with Crippen molar-refractivity contribution >= 4 is 34.2 Å². The largest absolute Gasteiger partial charge is 0.357 e. The van der Waals surface area contributed by atoms with Gasteiger partial charge in [-0.05, 0) is 49.9 Å². The van der Waals surface area contributed by atoms with Crippen LogP contribution in [0.1, 0.15) is 36.0 Å². The highest BCUT2D eigenvalue weighted by atomic mass is 16.2. The van der Waals surface area contributed by atoms with Gasteiger partial charge in [-0.3, -0.25) is 9.59 Å². The van der Waals surface area contributed by atoms with E-state index < -0.39 is 0 Å². The number of hydrogen-bond donors (Lipinski definition) is 2. The predicted octanol–water partition coefficient (Wildman–Crippen LogP) is 3.98. The van der Waals surface area contributed by atoms with Crippen LogP contribution in [-0.4, -0.2) is 35.9 Å². The summed E-state index contributed by atoms with van der Waals surface area (Å²) < 4.78 is 0. The Hall–Kier alpha value is -3.41. The van der Waals surface area contributed by atoms with Crippen LogP contribution < -0.4 is 15.5 Å². The average Bonchev–Trinajstić information content (AvgIpc) is 3.63. The maximum Gasteiger partial charge on any atom is 0.252 e. The molecule has 1 saturated heterocycles. The molecule has 6 heteroatoms. The minimum atomic E-state index is -0.0283. The van der Waals surface area contributed by atoms with Gasteiger partial charge in [-0.2, -0.15) is 0 Å². The fraction of sp³-hybridized carbons (Fsp3) is 0.320. The molecular weight excluding hydrogens is 388 g/mol. The first-order valence-electron chi connectivity index (χ1n) is 11.0. The lowest BCUT2D eigenvalue weighted by atomic mass is 9.95. The molecule has 0 unspecified atom stereocenters. The minimum absolute atomic E-state index is 0.0189. The van der Waals surface area contributed by atoms with Crippen LogP contribution in [-0.2, 0) is 4.79 Å². The highest BCUT2D eigenvalue weighted by Crippen LogP contribution is 2.28. The fourth-order valence-corrected chi connectivity index (χ4v) is 4.14. The summed E-state index contributed by atoms with van der Waals surface area (Å²) in [5.74, 6) is 0.831. The predicted molar refractivity (Wildman–Crippen MR) is 122 cm³/mol. The molecule has 5 rings (SSSR count). The number of para-hydroxylation sites is 2. The third-order valence-electron chi connectivity index (χ3n) is 6.09. The maximum absolute atomic E-state index is 12.8. The molecule has 0 bridgehead atoms. The molecule has 0 radical (unpaired) electrons. The van der Waals surface area contributed by atoms with Crippen LogP contribution in [0, 0.1) is 5.92 Å². The molecule has 2 heterocycles. The number of fused-ring (bicyclic) bond motifs is 1. The fourth-order valence-electron chi connectivity index (χ4n) is 4.14. The molecule has 6 nitrogen and oxygen atoms in total. The number of carbonyl (C=O) groups excluding carboxylic acids is 2. The van der Waals surface area contributed by atoms with Gasteiger partial charge in [0, 0.05) is 36.1 Å². The highest BCUT2D eigenvalue weighted by Gasteiger charge is 2.28. The lowest BCUT2D eigenvalue weighted by Crippen LogP contribution is -2.38. The summed E-state index contributed by atoms with van der Waals surface area (Å²) in [7, 11) is 0. The van der Waals surface area contributed by atoms with Gasteiger partial charge >= 0.3 is 0 Å². The third kappa shape index (κ3) is 4.38. The van der Waals surface area contributed by atoms with E-state index in [1.807, 2.05) is 60.7 Å². The number of nitrogens with one attached hydrogen (secondary N) is 2. The molecule has 0 atom stereocenters. The number of carbonyl (C=O) groups is 2. The number of rotatable bonds is 5. The SMILES string of the molecule is O=C(NC1CC1)c1cc(N2CCC(C(=O)Nc3ccccc3)CC2)nc2ccccc12. The van der Waals surface area contributed by atoms with Crippen LogP contribution in [0.4, 0.5) is 11.5 Å². The smallest absolute Gasteiger partial charge is 0.252 e. The zero-order valence-electron chi connectivity index (χ0n) is 17.4. The van der Waals surface area contributed by atoms with E-state index in [4.69, 9.17) is 4.98 Å². The Bertz CT molecular complexity index is 1100. The van der Waals surface area contributed by atoms with Crippen molar-refractivity contribution < 1.29 is 9.59 Å². The number of nitrogens with zero attached hydrogens (tertiary/aromatic N) is 2. The Morgan fingerprint density at radius 3 is 2.35 bits per heavy atom. The maximum atomic E-state index is 12.8. The lowest BCUT2D eigenvalue weighted by molar-refractivity contribution is -0.120. The number of aromatic nitrogens is 1. The van der Waals surface area contributed by atoms with Crippen molar-refractivity contribution in [3.8, 4) is 0 Å². The van der Waals surface area contributed by atoms with Crippen LogP contribution in [0.25, 0.3) is 10.9 Å². The van der Waals surface area contributed by atoms with E-state index in [1.165, 1.54) is 0 Å². The Morgan fingerprint density at radius 1 is 0.903 bits per heavy atom. The summed E-state index contributed by atoms with van der Waals surface area (Å²) >= 11 is 0. The van der Waals surface area contributed by atoms with Gasteiger partial charge in [0.25, 0.3) is 5.91 Å². The molecule has 3 aromatic rings. The van der Waals surface area contributed by atoms with Crippen molar-refractivity contribution in [2.75, 3.05) is 23.3 Å². The standard InChI is InChI=1S/C25H26N4O2/c30-24(26-18-6-2-1-3-7-18)17-12-14-29(15-13-17)23-16-21(25(31)27-19-10-11-19)20-8-4-5-9-22(20)28-23/h1-9,16-17,19H,10-15H2,(H,26,30)(H,27,31). The van der Waals surface area contributed by atoms with Crippen LogP contribution in [0.3, 0.4) is 0 Å². The molecule has 2 aromatic carbocycles. The van der Waals surface area contributed by atoms with E-state index in [-0.39, 0.29) is 17.7 Å². The highest BCUT2D eigenvalue weighted by molar-refractivity contribution is 6.07. The monoisotopic (exact) mass is 414 g/mol. The van der Waals surface area contributed by atoms with Crippen molar-refractivity contribution in [1.82, 2.24) is 10.3 Å². The van der Waals surface area contributed by atoms with Gasteiger partial charge in [0.05, 0.1) is 11.1 Å². The third-order valence-corrected chi connectivity index (χ3v) is 6.09. The van der Waals surface area contributed by atoms with E-state index in [0.29, 0.717) is 11.6 Å². The van der Waals surface area contributed by atoms with E-state index in [0.717, 1.165) is 61.2 Å². The van der Waals surface area contributed by atoms with E-state index in [2.05, 4.69) is 15.5 Å². The Balaban J connectivity index is 1.31. The van der Waals surface area contributed by atoms with Crippen LogP contribution in [0.15, 0.2) is 60.7 Å². The summed E-state index contributed by atoms with van der Waals surface area (Å²) in [6, 6.07) is 19.6. The molecule has 1 aliphatic carbocycles. The molecule has 1 saturated carbocycles. The second kappa shape index (κ2) is 8.38. The first-order valence-corrected chi connectivity index (χ1v) is 11.0. The topological polar surface area (TPSA) is 74.3 Å². The number of amides is 2. The summed E-state index contributed by atoms with van der Waals surface area (Å²) in [5.41, 5.74) is 2.33. The average molecular weight is 415 g/mol. The summed E-state index contributed by atoms with van der Waals surface area (Å²) in [4.78, 5) is 32.5. The normalized spacial score (nSPS) is 16.8. The first-order chi connectivity index (χ1) is 15.2. The molecule has 2 fully saturated rings. The van der Waals surface area contributed by atoms with Crippen molar-refractivity contribution in [1.29, 1.82) is 0 Å². The van der Waals surface area contributed by atoms with Gasteiger partial charge in [-0.15, -0.1) is 0 Å². The van der Waals surface area contributed by atoms with Gasteiger partial charge < -0.3 is 15.5 Å².